The van der Waals surface area contributed by atoms with E-state index in [-0.39, 0.29) is 5.82 Å². The Kier molecular flexibility index (Phi) is 1.43. The van der Waals surface area contributed by atoms with E-state index in [4.69, 9.17) is 0 Å². The molecule has 0 fully saturated rings. The summed E-state index contributed by atoms with van der Waals surface area (Å²) in [5.41, 5.74) is 0. The van der Waals surface area contributed by atoms with Gasteiger partial charge in [0.15, 0.2) is 6.29 Å². The average Bonchev–Trinajstić information content (AvgIpc) is 2.46. The van der Waals surface area contributed by atoms with Gasteiger partial charge in [-0.2, -0.15) is 0 Å². The molecule has 0 unspecified atom stereocenters. The first kappa shape index (κ1) is 6.48. The van der Waals surface area contributed by atoms with E-state index >= 15 is 0 Å². The van der Waals surface area contributed by atoms with E-state index in [2.05, 4.69) is 15.4 Å². The minimum atomic E-state index is 0.281. The molecular formula is C6H8N4O. The van der Waals surface area contributed by atoms with Crippen molar-refractivity contribution in [3.05, 3.63) is 11.6 Å². The lowest BCUT2D eigenvalue weighted by Gasteiger charge is -2.11. The van der Waals surface area contributed by atoms with E-state index in [0.717, 1.165) is 18.9 Å². The fourth-order valence-corrected chi connectivity index (χ4v) is 1.14. The molecule has 0 saturated heterocycles. The lowest BCUT2D eigenvalue weighted by atomic mass is 10.4. The van der Waals surface area contributed by atoms with E-state index in [0.29, 0.717) is 12.8 Å². The third kappa shape index (κ3) is 1.03. The van der Waals surface area contributed by atoms with Crippen molar-refractivity contribution in [1.29, 1.82) is 0 Å². The summed E-state index contributed by atoms with van der Waals surface area (Å²) < 4.78 is 1.76. The van der Waals surface area contributed by atoms with Gasteiger partial charge < -0.3 is 5.32 Å². The lowest BCUT2D eigenvalue weighted by Crippen LogP contribution is -2.28. The Bertz CT molecular complexity index is 257. The van der Waals surface area contributed by atoms with Crippen LogP contribution in [0.25, 0.3) is 0 Å². The van der Waals surface area contributed by atoms with Gasteiger partial charge in [0, 0.05) is 6.54 Å². The number of hydrogen-bond acceptors (Lipinski definition) is 4. The molecule has 0 atom stereocenters. The van der Waals surface area contributed by atoms with Gasteiger partial charge in [-0.05, 0) is 0 Å². The number of carbonyl (C=O) groups is 1. The molecule has 0 aromatic carbocycles. The van der Waals surface area contributed by atoms with Gasteiger partial charge in [0.25, 0.3) is 0 Å². The van der Waals surface area contributed by atoms with Crippen LogP contribution in [0.15, 0.2) is 0 Å². The Hall–Kier alpha value is -1.23. The normalized spacial score (nSPS) is 16.0. The molecule has 2 rings (SSSR count). The van der Waals surface area contributed by atoms with Crippen molar-refractivity contribution in [2.24, 2.45) is 0 Å². The molecule has 1 aliphatic rings. The van der Waals surface area contributed by atoms with E-state index in [1.807, 2.05) is 0 Å². The summed E-state index contributed by atoms with van der Waals surface area (Å²) in [6, 6.07) is 0. The van der Waals surface area contributed by atoms with Crippen LogP contribution < -0.4 is 5.32 Å². The van der Waals surface area contributed by atoms with Crippen LogP contribution in [0.5, 0.6) is 0 Å². The summed E-state index contributed by atoms with van der Waals surface area (Å²) in [4.78, 5) is 14.3. The fourth-order valence-electron chi connectivity index (χ4n) is 1.14. The number of aromatic nitrogens is 3. The maximum absolute atomic E-state index is 10.3. The number of carbonyl (C=O) groups excluding carboxylic acids is 1. The SMILES string of the molecule is O=Cc1nc2n(n1)CCNC2. The fraction of sp³-hybridized carbons (Fsp3) is 0.500. The monoisotopic (exact) mass is 152 g/mol. The van der Waals surface area contributed by atoms with E-state index in [9.17, 15) is 4.79 Å². The number of aldehydes is 1. The number of nitrogens with one attached hydrogen (secondary N) is 1. The van der Waals surface area contributed by atoms with Gasteiger partial charge >= 0.3 is 0 Å². The van der Waals surface area contributed by atoms with Gasteiger partial charge in [0.05, 0.1) is 13.1 Å². The maximum Gasteiger partial charge on any atom is 0.214 e. The molecule has 1 aliphatic heterocycles. The molecule has 5 heteroatoms. The Morgan fingerprint density at radius 3 is 3.27 bits per heavy atom. The molecule has 1 N–H and O–H groups in total. The van der Waals surface area contributed by atoms with Crippen LogP contribution in [0.4, 0.5) is 0 Å². The van der Waals surface area contributed by atoms with Crippen molar-refractivity contribution >= 4 is 6.29 Å². The third-order valence-corrected chi connectivity index (χ3v) is 1.65. The molecule has 5 nitrogen and oxygen atoms in total. The van der Waals surface area contributed by atoms with Crippen LogP contribution in [-0.4, -0.2) is 27.6 Å². The zero-order valence-electron chi connectivity index (χ0n) is 5.95. The van der Waals surface area contributed by atoms with Gasteiger partial charge in [-0.1, -0.05) is 0 Å². The minimum absolute atomic E-state index is 0.281. The number of rotatable bonds is 1. The van der Waals surface area contributed by atoms with Gasteiger partial charge in [-0.15, -0.1) is 5.10 Å². The van der Waals surface area contributed by atoms with Gasteiger partial charge in [-0.3, -0.25) is 4.79 Å². The zero-order chi connectivity index (χ0) is 7.68. The molecule has 0 radical (unpaired) electrons. The summed E-state index contributed by atoms with van der Waals surface area (Å²) in [7, 11) is 0. The second-order valence-electron chi connectivity index (χ2n) is 2.40. The molecule has 0 spiro atoms. The second-order valence-corrected chi connectivity index (χ2v) is 2.40. The highest BCUT2D eigenvalue weighted by molar-refractivity contribution is 5.68. The summed E-state index contributed by atoms with van der Waals surface area (Å²) in [6.07, 6.45) is 0.672. The van der Waals surface area contributed by atoms with E-state index in [1.165, 1.54) is 0 Å². The van der Waals surface area contributed by atoms with Crippen LogP contribution in [0.1, 0.15) is 16.4 Å². The molecular weight excluding hydrogens is 144 g/mol. The van der Waals surface area contributed by atoms with Crippen molar-refractivity contribution in [2.45, 2.75) is 13.1 Å². The lowest BCUT2D eigenvalue weighted by molar-refractivity contribution is 0.111. The first-order chi connectivity index (χ1) is 5.40. The number of fused-ring (bicyclic) bond motifs is 1. The van der Waals surface area contributed by atoms with Crippen LogP contribution in [0.3, 0.4) is 0 Å². The first-order valence-corrected chi connectivity index (χ1v) is 3.50. The largest absolute Gasteiger partial charge is 0.308 e. The number of hydrogen-bond donors (Lipinski definition) is 1. The van der Waals surface area contributed by atoms with Crippen LogP contribution in [0, 0.1) is 0 Å². The van der Waals surface area contributed by atoms with Crippen molar-refractivity contribution < 1.29 is 4.79 Å². The smallest absolute Gasteiger partial charge is 0.214 e. The molecule has 58 valence electrons. The van der Waals surface area contributed by atoms with Gasteiger partial charge in [0.1, 0.15) is 5.82 Å². The van der Waals surface area contributed by atoms with Crippen molar-refractivity contribution in [1.82, 2.24) is 20.1 Å². The molecule has 1 aromatic heterocycles. The molecule has 1 aromatic rings. The molecule has 0 bridgehead atoms. The maximum atomic E-state index is 10.3. The Morgan fingerprint density at radius 2 is 2.55 bits per heavy atom. The Morgan fingerprint density at radius 1 is 1.64 bits per heavy atom. The van der Waals surface area contributed by atoms with Crippen LogP contribution in [-0.2, 0) is 13.1 Å². The molecule has 0 amide bonds. The van der Waals surface area contributed by atoms with Crippen molar-refractivity contribution in [3.8, 4) is 0 Å². The van der Waals surface area contributed by atoms with Crippen LogP contribution >= 0.6 is 0 Å². The third-order valence-electron chi connectivity index (χ3n) is 1.65. The summed E-state index contributed by atoms with van der Waals surface area (Å²) >= 11 is 0. The van der Waals surface area contributed by atoms with Gasteiger partial charge in [-0.25, -0.2) is 9.67 Å². The quantitative estimate of drug-likeness (QED) is 0.535. The average molecular weight is 152 g/mol. The summed E-state index contributed by atoms with van der Waals surface area (Å²) in [5.74, 6) is 1.13. The highest BCUT2D eigenvalue weighted by Crippen LogP contribution is 2.00. The highest BCUT2D eigenvalue weighted by Gasteiger charge is 2.11. The number of nitrogens with zero attached hydrogens (tertiary/aromatic N) is 3. The zero-order valence-corrected chi connectivity index (χ0v) is 5.95. The second kappa shape index (κ2) is 2.43. The van der Waals surface area contributed by atoms with Crippen molar-refractivity contribution in [2.75, 3.05) is 6.54 Å². The highest BCUT2D eigenvalue weighted by atomic mass is 16.1. The predicted molar refractivity (Wildman–Crippen MR) is 37.1 cm³/mol. The predicted octanol–water partition coefficient (Wildman–Crippen LogP) is -0.806. The van der Waals surface area contributed by atoms with E-state index in [1.54, 1.807) is 4.68 Å². The summed E-state index contributed by atoms with van der Waals surface area (Å²) in [5, 5.41) is 7.11. The summed E-state index contributed by atoms with van der Waals surface area (Å²) in [6.45, 7) is 2.41. The standard InChI is InChI=1S/C6H8N4O/c11-4-5-8-6-3-7-1-2-10(6)9-5/h4,7H,1-3H2. The topological polar surface area (TPSA) is 59.8 Å². The molecule has 0 saturated carbocycles. The van der Waals surface area contributed by atoms with E-state index < -0.39 is 0 Å². The molecule has 11 heavy (non-hydrogen) atoms. The first-order valence-electron chi connectivity index (χ1n) is 3.50. The van der Waals surface area contributed by atoms with Gasteiger partial charge in [0.2, 0.25) is 5.82 Å². The van der Waals surface area contributed by atoms with Crippen molar-refractivity contribution in [3.63, 3.8) is 0 Å². The molecule has 2 heterocycles. The molecule has 0 aliphatic carbocycles. The minimum Gasteiger partial charge on any atom is -0.308 e. The Labute approximate surface area is 63.4 Å². The van der Waals surface area contributed by atoms with Crippen LogP contribution in [0.2, 0.25) is 0 Å². The Balaban J connectivity index is 2.39.